The molecule has 0 aromatic rings. The lowest BCUT2D eigenvalue weighted by molar-refractivity contribution is -0.235. The van der Waals surface area contributed by atoms with Crippen molar-refractivity contribution in [1.82, 2.24) is 30.2 Å². The van der Waals surface area contributed by atoms with Crippen LogP contribution in [0, 0.1) is 0 Å². The maximum absolute atomic E-state index is 5.66. The average Bonchev–Trinajstić information content (AvgIpc) is 2.70. The minimum Gasteiger partial charge on any atom is -0.379 e. The zero-order valence-corrected chi connectivity index (χ0v) is 15.9. The van der Waals surface area contributed by atoms with Crippen molar-refractivity contribution < 1.29 is 4.74 Å². The van der Waals surface area contributed by atoms with Crippen LogP contribution in [0.4, 0.5) is 0 Å². The van der Waals surface area contributed by atoms with E-state index in [1.165, 1.54) is 32.4 Å². The molecule has 4 rings (SSSR count). The van der Waals surface area contributed by atoms with Gasteiger partial charge in [0, 0.05) is 65.4 Å². The molecule has 144 valence electrons. The van der Waals surface area contributed by atoms with Gasteiger partial charge in [-0.1, -0.05) is 6.42 Å². The van der Waals surface area contributed by atoms with Crippen LogP contribution in [0.15, 0.2) is 0 Å². The second-order valence-corrected chi connectivity index (χ2v) is 7.90. The molecule has 0 bridgehead atoms. The zero-order chi connectivity index (χ0) is 17.1. The van der Waals surface area contributed by atoms with Crippen LogP contribution in [0.25, 0.3) is 0 Å². The first kappa shape index (κ1) is 18.1. The number of morpholine rings is 1. The van der Waals surface area contributed by atoms with E-state index in [9.17, 15) is 0 Å². The van der Waals surface area contributed by atoms with Gasteiger partial charge in [-0.2, -0.15) is 0 Å². The summed E-state index contributed by atoms with van der Waals surface area (Å²) < 4.78 is 5.66. The molecule has 0 aromatic heterocycles. The summed E-state index contributed by atoms with van der Waals surface area (Å²) in [5.41, 5.74) is 0. The van der Waals surface area contributed by atoms with Crippen molar-refractivity contribution in [2.75, 3.05) is 85.7 Å². The van der Waals surface area contributed by atoms with Crippen molar-refractivity contribution in [3.63, 3.8) is 0 Å². The molecule has 2 N–H and O–H groups in total. The number of likely N-dealkylation sites (N-methyl/N-ethyl adjacent to an activating group) is 1. The van der Waals surface area contributed by atoms with E-state index in [4.69, 9.17) is 4.74 Å². The Balaban J connectivity index is 1.69. The first-order valence-corrected chi connectivity index (χ1v) is 10.3. The van der Waals surface area contributed by atoms with Gasteiger partial charge in [0.05, 0.1) is 13.2 Å². The molecule has 0 spiro atoms. The Labute approximate surface area is 152 Å². The summed E-state index contributed by atoms with van der Waals surface area (Å²) in [6, 6.07) is 0. The van der Waals surface area contributed by atoms with Crippen LogP contribution in [0.5, 0.6) is 0 Å². The number of nitrogens with one attached hydrogen (secondary N) is 2. The Hall–Kier alpha value is -0.280. The van der Waals surface area contributed by atoms with Crippen molar-refractivity contribution in [1.29, 1.82) is 0 Å². The molecule has 7 nitrogen and oxygen atoms in total. The van der Waals surface area contributed by atoms with E-state index in [1.54, 1.807) is 0 Å². The second kappa shape index (κ2) is 8.17. The third-order valence-electron chi connectivity index (χ3n) is 6.53. The lowest BCUT2D eigenvalue weighted by Crippen LogP contribution is -2.84. The molecule has 0 aromatic carbocycles. The summed E-state index contributed by atoms with van der Waals surface area (Å²) in [5, 5.41) is 7.48. The molecule has 0 amide bonds. The molecule has 4 fully saturated rings. The quantitative estimate of drug-likeness (QED) is 0.691. The van der Waals surface area contributed by atoms with Crippen LogP contribution in [-0.4, -0.2) is 117 Å². The average molecular weight is 353 g/mol. The van der Waals surface area contributed by atoms with Crippen molar-refractivity contribution >= 4 is 0 Å². The number of hydrogen-bond acceptors (Lipinski definition) is 7. The van der Waals surface area contributed by atoms with Gasteiger partial charge in [-0.25, -0.2) is 0 Å². The summed E-state index contributed by atoms with van der Waals surface area (Å²) in [6.45, 7) is 12.9. The predicted octanol–water partition coefficient (Wildman–Crippen LogP) is -0.775. The Bertz CT molecular complexity index is 400. The van der Waals surface area contributed by atoms with Crippen molar-refractivity contribution in [2.24, 2.45) is 0 Å². The second-order valence-electron chi connectivity index (χ2n) is 7.90. The largest absolute Gasteiger partial charge is 0.379 e. The summed E-state index contributed by atoms with van der Waals surface area (Å²) in [6.07, 6.45) is 4.40. The molecule has 4 heterocycles. The van der Waals surface area contributed by atoms with Crippen molar-refractivity contribution in [3.8, 4) is 0 Å². The first-order chi connectivity index (χ1) is 12.3. The molecule has 4 aliphatic heterocycles. The van der Waals surface area contributed by atoms with Crippen molar-refractivity contribution in [3.05, 3.63) is 0 Å². The van der Waals surface area contributed by atoms with Crippen molar-refractivity contribution in [2.45, 2.75) is 31.2 Å². The summed E-state index contributed by atoms with van der Waals surface area (Å²) in [5.74, 6) is -0.0297. The van der Waals surface area contributed by atoms with E-state index in [0.29, 0.717) is 6.17 Å². The Morgan fingerprint density at radius 1 is 0.800 bits per heavy atom. The fourth-order valence-corrected chi connectivity index (χ4v) is 5.33. The lowest BCUT2D eigenvalue weighted by atomic mass is 9.99. The topological polar surface area (TPSA) is 46.2 Å². The molecule has 4 aliphatic rings. The van der Waals surface area contributed by atoms with E-state index in [1.807, 2.05) is 0 Å². The number of ether oxygens (including phenoxy) is 1. The molecule has 0 aliphatic carbocycles. The highest BCUT2D eigenvalue weighted by Crippen LogP contribution is 2.35. The first-order valence-electron chi connectivity index (χ1n) is 10.3. The molecule has 4 saturated heterocycles. The summed E-state index contributed by atoms with van der Waals surface area (Å²) >= 11 is 0. The molecule has 2 unspecified atom stereocenters. The monoisotopic (exact) mass is 352 g/mol. The van der Waals surface area contributed by atoms with Gasteiger partial charge < -0.3 is 10.1 Å². The normalized spacial score (nSPS) is 38.0. The maximum atomic E-state index is 5.66. The van der Waals surface area contributed by atoms with E-state index in [-0.39, 0.29) is 5.79 Å². The fraction of sp³-hybridized carbons (Fsp3) is 1.00. The third kappa shape index (κ3) is 3.36. The minimum atomic E-state index is -0.0297. The molecular formula is C18H36N6O. The van der Waals surface area contributed by atoms with Gasteiger partial charge in [-0.3, -0.25) is 24.9 Å². The van der Waals surface area contributed by atoms with Gasteiger partial charge in [0.2, 0.25) is 0 Å². The standard InChI is InChI=1S/C18H36N6O/c1-21-10-7-20-17(22-13-15-25-16-14-22)18(21,23-8-3-2-4-9-23)24-11-5-19-6-12-24/h17,19-20H,2-16H2,1H3. The highest BCUT2D eigenvalue weighted by molar-refractivity contribution is 5.03. The molecule has 0 saturated carbocycles. The number of rotatable bonds is 3. The number of nitrogens with zero attached hydrogens (tertiary/aromatic N) is 4. The van der Waals surface area contributed by atoms with Crippen LogP contribution in [0.2, 0.25) is 0 Å². The molecule has 2 atom stereocenters. The summed E-state index contributed by atoms with van der Waals surface area (Å²) in [4.78, 5) is 10.9. The zero-order valence-electron chi connectivity index (χ0n) is 15.9. The van der Waals surface area contributed by atoms with Gasteiger partial charge in [-0.05, 0) is 19.9 Å². The van der Waals surface area contributed by atoms with Crippen LogP contribution in [0.3, 0.4) is 0 Å². The molecular weight excluding hydrogens is 316 g/mol. The number of piperazine rings is 2. The third-order valence-corrected chi connectivity index (χ3v) is 6.53. The predicted molar refractivity (Wildman–Crippen MR) is 99.4 cm³/mol. The minimum absolute atomic E-state index is 0.0297. The molecule has 7 heteroatoms. The Kier molecular flexibility index (Phi) is 5.91. The fourth-order valence-electron chi connectivity index (χ4n) is 5.33. The number of likely N-dealkylation sites (tertiary alicyclic amines) is 1. The van der Waals surface area contributed by atoms with E-state index >= 15 is 0 Å². The highest BCUT2D eigenvalue weighted by atomic mass is 16.5. The highest BCUT2D eigenvalue weighted by Gasteiger charge is 2.55. The Morgan fingerprint density at radius 2 is 1.48 bits per heavy atom. The summed E-state index contributed by atoms with van der Waals surface area (Å²) in [7, 11) is 2.35. The number of piperidine rings is 1. The van der Waals surface area contributed by atoms with Gasteiger partial charge in [-0.15, -0.1) is 0 Å². The van der Waals surface area contributed by atoms with Crippen LogP contribution in [0.1, 0.15) is 19.3 Å². The SMILES string of the molecule is CN1CCNC(N2CCOCC2)C1(N1CCCCC1)N1CCNCC1. The van der Waals surface area contributed by atoms with E-state index in [0.717, 1.165) is 65.6 Å². The smallest absolute Gasteiger partial charge is 0.160 e. The van der Waals surface area contributed by atoms with Gasteiger partial charge in [0.15, 0.2) is 5.79 Å². The molecule has 0 radical (unpaired) electrons. The van der Waals surface area contributed by atoms with E-state index < -0.39 is 0 Å². The lowest BCUT2D eigenvalue weighted by Gasteiger charge is -2.64. The van der Waals surface area contributed by atoms with Gasteiger partial charge in [0.25, 0.3) is 0 Å². The van der Waals surface area contributed by atoms with Crippen LogP contribution >= 0.6 is 0 Å². The number of hydrogen-bond donors (Lipinski definition) is 2. The van der Waals surface area contributed by atoms with Crippen LogP contribution < -0.4 is 10.6 Å². The van der Waals surface area contributed by atoms with Gasteiger partial charge in [0.1, 0.15) is 6.17 Å². The van der Waals surface area contributed by atoms with E-state index in [2.05, 4.69) is 37.3 Å². The maximum Gasteiger partial charge on any atom is 0.160 e. The van der Waals surface area contributed by atoms with Gasteiger partial charge >= 0.3 is 0 Å². The molecule has 25 heavy (non-hydrogen) atoms. The Morgan fingerprint density at radius 3 is 2.20 bits per heavy atom. The van der Waals surface area contributed by atoms with Crippen LogP contribution in [-0.2, 0) is 4.74 Å².